The van der Waals surface area contributed by atoms with E-state index in [2.05, 4.69) is 16.4 Å². The zero-order valence-corrected chi connectivity index (χ0v) is 12.9. The minimum atomic E-state index is -0.227. The number of nitrogens with zero attached hydrogens (tertiary/aromatic N) is 2. The molecule has 21 heavy (non-hydrogen) atoms. The lowest BCUT2D eigenvalue weighted by molar-refractivity contribution is -0.120. The van der Waals surface area contributed by atoms with Crippen molar-refractivity contribution < 1.29 is 9.59 Å². The fraction of sp³-hybridized carbons (Fsp3) is 0.467. The van der Waals surface area contributed by atoms with Crippen LogP contribution in [0.4, 0.5) is 0 Å². The van der Waals surface area contributed by atoms with Crippen molar-refractivity contribution >= 4 is 23.5 Å². The van der Waals surface area contributed by atoms with Crippen LogP contribution in [0.15, 0.2) is 11.1 Å². The topological polar surface area (TPSA) is 82.9 Å². The van der Waals surface area contributed by atoms with Crippen LogP contribution in [0, 0.1) is 18.3 Å². The molecule has 1 atom stereocenters. The van der Waals surface area contributed by atoms with E-state index in [0.717, 1.165) is 19.3 Å². The molecule has 1 aromatic heterocycles. The Morgan fingerprint density at radius 2 is 2.29 bits per heavy atom. The average molecular weight is 303 g/mol. The number of nitrogens with one attached hydrogen (secondary N) is 1. The SMILES string of the molecule is CC(=O)c1cc(C#N)c(S[C@@H]2CCCCNC2=O)nc1C. The quantitative estimate of drug-likeness (QED) is 0.866. The van der Waals surface area contributed by atoms with E-state index in [-0.39, 0.29) is 16.9 Å². The van der Waals surface area contributed by atoms with Gasteiger partial charge in [-0.3, -0.25) is 9.59 Å². The minimum absolute atomic E-state index is 0.00325. The molecular weight excluding hydrogens is 286 g/mol. The highest BCUT2D eigenvalue weighted by Gasteiger charge is 2.24. The molecule has 5 nitrogen and oxygen atoms in total. The van der Waals surface area contributed by atoms with Crippen molar-refractivity contribution in [3.05, 3.63) is 22.9 Å². The van der Waals surface area contributed by atoms with Gasteiger partial charge in [0.05, 0.1) is 10.8 Å². The number of amides is 1. The minimum Gasteiger partial charge on any atom is -0.355 e. The molecule has 0 aromatic carbocycles. The van der Waals surface area contributed by atoms with Crippen LogP contribution in [0.25, 0.3) is 0 Å². The summed E-state index contributed by atoms with van der Waals surface area (Å²) >= 11 is 1.31. The number of nitriles is 1. The number of hydrogen-bond donors (Lipinski definition) is 1. The molecule has 1 amide bonds. The first kappa shape index (κ1) is 15.5. The predicted octanol–water partition coefficient (Wildman–Crippen LogP) is 2.23. The molecular formula is C15H17N3O2S. The van der Waals surface area contributed by atoms with Crippen LogP contribution in [0.5, 0.6) is 0 Å². The van der Waals surface area contributed by atoms with Crippen LogP contribution in [0.3, 0.4) is 0 Å². The Hall–Kier alpha value is -1.87. The summed E-state index contributed by atoms with van der Waals surface area (Å²) in [4.78, 5) is 27.9. The van der Waals surface area contributed by atoms with Crippen LogP contribution in [-0.4, -0.2) is 28.5 Å². The Morgan fingerprint density at radius 3 is 2.95 bits per heavy atom. The average Bonchev–Trinajstić information content (AvgIpc) is 2.64. The highest BCUT2D eigenvalue weighted by Crippen LogP contribution is 2.30. The monoisotopic (exact) mass is 303 g/mol. The molecule has 0 saturated carbocycles. The van der Waals surface area contributed by atoms with Crippen molar-refractivity contribution in [2.24, 2.45) is 0 Å². The van der Waals surface area contributed by atoms with Gasteiger partial charge in [-0.25, -0.2) is 4.98 Å². The van der Waals surface area contributed by atoms with Crippen molar-refractivity contribution in [2.45, 2.75) is 43.4 Å². The maximum atomic E-state index is 12.0. The van der Waals surface area contributed by atoms with E-state index in [4.69, 9.17) is 0 Å². The van der Waals surface area contributed by atoms with Crippen LogP contribution >= 0.6 is 11.8 Å². The van der Waals surface area contributed by atoms with Crippen LogP contribution in [-0.2, 0) is 4.79 Å². The molecule has 0 unspecified atom stereocenters. The third kappa shape index (κ3) is 3.61. The van der Waals surface area contributed by atoms with Crippen molar-refractivity contribution in [2.75, 3.05) is 6.54 Å². The second-order valence-corrected chi connectivity index (χ2v) is 6.23. The van der Waals surface area contributed by atoms with E-state index in [9.17, 15) is 14.9 Å². The number of aromatic nitrogens is 1. The third-order valence-electron chi connectivity index (χ3n) is 3.42. The second kappa shape index (κ2) is 6.72. The normalized spacial score (nSPS) is 18.5. The highest BCUT2D eigenvalue weighted by molar-refractivity contribution is 8.00. The maximum absolute atomic E-state index is 12.0. The first-order chi connectivity index (χ1) is 10.0. The van der Waals surface area contributed by atoms with Gasteiger partial charge in [0, 0.05) is 17.8 Å². The summed E-state index contributed by atoms with van der Waals surface area (Å²) < 4.78 is 0. The number of thioether (sulfide) groups is 1. The molecule has 110 valence electrons. The van der Waals surface area contributed by atoms with E-state index >= 15 is 0 Å². The molecule has 1 fully saturated rings. The first-order valence-electron chi connectivity index (χ1n) is 6.90. The summed E-state index contributed by atoms with van der Waals surface area (Å²) in [7, 11) is 0. The Bertz CT molecular complexity index is 622. The van der Waals surface area contributed by atoms with Gasteiger partial charge in [-0.15, -0.1) is 0 Å². The van der Waals surface area contributed by atoms with Gasteiger partial charge in [-0.1, -0.05) is 18.2 Å². The van der Waals surface area contributed by atoms with E-state index < -0.39 is 0 Å². The van der Waals surface area contributed by atoms with Gasteiger partial charge < -0.3 is 5.32 Å². The summed E-state index contributed by atoms with van der Waals surface area (Å²) in [5.74, 6) is -0.114. The Balaban J connectivity index is 2.31. The molecule has 1 aliphatic heterocycles. The molecule has 1 aromatic rings. The lowest BCUT2D eigenvalue weighted by atomic mass is 10.1. The fourth-order valence-electron chi connectivity index (χ4n) is 2.27. The second-order valence-electron chi connectivity index (χ2n) is 5.04. The van der Waals surface area contributed by atoms with Crippen LogP contribution in [0.1, 0.15) is 47.8 Å². The molecule has 0 bridgehead atoms. The van der Waals surface area contributed by atoms with Gasteiger partial charge in [0.15, 0.2) is 5.78 Å². The fourth-order valence-corrected chi connectivity index (χ4v) is 3.43. The molecule has 1 saturated heterocycles. The first-order valence-corrected chi connectivity index (χ1v) is 7.78. The standard InChI is InChI=1S/C15H17N3O2S/c1-9-12(10(2)19)7-11(8-16)15(18-9)21-13-5-3-4-6-17-14(13)20/h7,13H,3-6H2,1-2H3,(H,17,20)/t13-/m1/s1. The number of ketones is 1. The number of pyridine rings is 1. The molecule has 6 heteroatoms. The molecule has 1 N–H and O–H groups in total. The third-order valence-corrected chi connectivity index (χ3v) is 4.69. The van der Waals surface area contributed by atoms with Gasteiger partial charge in [-0.2, -0.15) is 5.26 Å². The van der Waals surface area contributed by atoms with E-state index in [1.165, 1.54) is 18.7 Å². The van der Waals surface area contributed by atoms with Gasteiger partial charge in [0.1, 0.15) is 11.1 Å². The summed E-state index contributed by atoms with van der Waals surface area (Å²) in [6.45, 7) is 3.91. The Kier molecular flexibility index (Phi) is 4.97. The van der Waals surface area contributed by atoms with Gasteiger partial charge >= 0.3 is 0 Å². The van der Waals surface area contributed by atoms with Crippen LogP contribution < -0.4 is 5.32 Å². The predicted molar refractivity (Wildman–Crippen MR) is 80.2 cm³/mol. The maximum Gasteiger partial charge on any atom is 0.233 e. The van der Waals surface area contributed by atoms with Crippen molar-refractivity contribution in [1.82, 2.24) is 10.3 Å². The molecule has 0 aliphatic carbocycles. The summed E-state index contributed by atoms with van der Waals surface area (Å²) in [5.41, 5.74) is 1.41. The van der Waals surface area contributed by atoms with Crippen molar-refractivity contribution in [1.29, 1.82) is 5.26 Å². The van der Waals surface area contributed by atoms with Gasteiger partial charge in [-0.05, 0) is 32.8 Å². The van der Waals surface area contributed by atoms with E-state index in [0.29, 0.717) is 28.4 Å². The van der Waals surface area contributed by atoms with E-state index in [1.807, 2.05) is 0 Å². The van der Waals surface area contributed by atoms with Crippen molar-refractivity contribution in [3.8, 4) is 6.07 Å². The number of carbonyl (C=O) groups excluding carboxylic acids is 2. The van der Waals surface area contributed by atoms with Gasteiger partial charge in [0.2, 0.25) is 5.91 Å². The lowest BCUT2D eigenvalue weighted by Crippen LogP contribution is -2.30. The Morgan fingerprint density at radius 1 is 1.52 bits per heavy atom. The van der Waals surface area contributed by atoms with E-state index in [1.54, 1.807) is 13.0 Å². The number of hydrogen-bond acceptors (Lipinski definition) is 5. The van der Waals surface area contributed by atoms with Crippen molar-refractivity contribution in [3.63, 3.8) is 0 Å². The largest absolute Gasteiger partial charge is 0.355 e. The number of Topliss-reactive ketones (excluding diaryl/α,β-unsaturated/α-hetero) is 1. The Labute approximate surface area is 128 Å². The molecule has 2 rings (SSSR count). The summed E-state index contributed by atoms with van der Waals surface area (Å²) in [6, 6.07) is 3.64. The smallest absolute Gasteiger partial charge is 0.233 e. The number of carbonyl (C=O) groups is 2. The number of aryl methyl sites for hydroxylation is 1. The molecule has 2 heterocycles. The summed E-state index contributed by atoms with van der Waals surface area (Å²) in [6.07, 6.45) is 2.73. The molecule has 1 aliphatic rings. The number of rotatable bonds is 3. The summed E-state index contributed by atoms with van der Waals surface area (Å²) in [5, 5.41) is 12.4. The zero-order valence-electron chi connectivity index (χ0n) is 12.1. The zero-order chi connectivity index (χ0) is 15.4. The lowest BCUT2D eigenvalue weighted by Gasteiger charge is -2.14. The molecule has 0 spiro atoms. The van der Waals surface area contributed by atoms with Gasteiger partial charge in [0.25, 0.3) is 0 Å². The molecule has 0 radical (unpaired) electrons. The highest BCUT2D eigenvalue weighted by atomic mass is 32.2. The van der Waals surface area contributed by atoms with Crippen LogP contribution in [0.2, 0.25) is 0 Å².